The molecule has 0 amide bonds. The smallest absolute Gasteiger partial charge is 0.270 e. The zero-order valence-electron chi connectivity index (χ0n) is 14.6. The molecule has 26 heavy (non-hydrogen) atoms. The van der Waals surface area contributed by atoms with Crippen LogP contribution in [0.4, 0.5) is 5.69 Å². The average Bonchev–Trinajstić information content (AvgIpc) is 2.88. The summed E-state index contributed by atoms with van der Waals surface area (Å²) in [5, 5.41) is 4.53. The van der Waals surface area contributed by atoms with E-state index in [4.69, 9.17) is 0 Å². The highest BCUT2D eigenvalue weighted by Gasteiger charge is 2.32. The fourth-order valence-electron chi connectivity index (χ4n) is 2.71. The minimum Gasteiger partial charge on any atom is -0.270 e. The number of aromatic nitrogens is 2. The van der Waals surface area contributed by atoms with Crippen molar-refractivity contribution in [1.29, 1.82) is 0 Å². The third-order valence-corrected chi connectivity index (χ3v) is 6.19. The molecule has 1 unspecified atom stereocenters. The molecule has 3 rings (SSSR count). The van der Waals surface area contributed by atoms with Gasteiger partial charge in [0.05, 0.1) is 11.4 Å². The second-order valence-electron chi connectivity index (χ2n) is 6.10. The first kappa shape index (κ1) is 18.8. The molecule has 5 nitrogen and oxygen atoms in total. The van der Waals surface area contributed by atoms with Gasteiger partial charge in [-0.2, -0.15) is 14.4 Å². The van der Waals surface area contributed by atoms with Gasteiger partial charge >= 0.3 is 10.4 Å². The van der Waals surface area contributed by atoms with Crippen LogP contribution in [0.5, 0.6) is 0 Å². The van der Waals surface area contributed by atoms with Gasteiger partial charge in [0.1, 0.15) is 5.69 Å². The summed E-state index contributed by atoms with van der Waals surface area (Å²) in [6.45, 7) is 1.89. The van der Waals surface area contributed by atoms with Crippen molar-refractivity contribution in [3.8, 4) is 0 Å². The number of nitrogens with zero attached hydrogens (tertiary/aromatic N) is 2. The Kier molecular flexibility index (Phi) is 5.60. The van der Waals surface area contributed by atoms with Crippen LogP contribution in [0, 0.1) is 6.92 Å². The van der Waals surface area contributed by atoms with E-state index in [0.717, 1.165) is 22.3 Å². The monoisotopic (exact) mass is 434 g/mol. The Hall–Kier alpha value is -1.96. The topological polar surface area (TPSA) is 67.2 Å². The SMILES string of the molecule is Cc1c(N[S+](=O)(O)c2ccc(Br)cc2)c(CCc2ccccc2)nn1C. The van der Waals surface area contributed by atoms with E-state index in [1.807, 2.05) is 32.2 Å². The number of benzene rings is 2. The molecule has 0 spiro atoms. The Labute approximate surface area is 163 Å². The molecule has 2 N–H and O–H groups in total. The zero-order valence-corrected chi connectivity index (χ0v) is 17.0. The molecule has 1 heterocycles. The van der Waals surface area contributed by atoms with Crippen molar-refractivity contribution in [2.24, 2.45) is 7.05 Å². The highest BCUT2D eigenvalue weighted by molar-refractivity contribution is 9.10. The lowest BCUT2D eigenvalue weighted by atomic mass is 10.1. The fraction of sp³-hybridized carbons (Fsp3) is 0.211. The van der Waals surface area contributed by atoms with Crippen molar-refractivity contribution in [2.75, 3.05) is 4.72 Å². The first-order valence-electron chi connectivity index (χ1n) is 8.23. The summed E-state index contributed by atoms with van der Waals surface area (Å²) in [6, 6.07) is 16.9. The van der Waals surface area contributed by atoms with E-state index in [-0.39, 0.29) is 0 Å². The number of anilines is 1. The van der Waals surface area contributed by atoms with Gasteiger partial charge in [-0.3, -0.25) is 4.68 Å². The Bertz CT molecular complexity index is 939. The van der Waals surface area contributed by atoms with Crippen LogP contribution in [0.1, 0.15) is 17.0 Å². The normalized spacial score (nSPS) is 13.4. The van der Waals surface area contributed by atoms with Crippen molar-refractivity contribution in [3.05, 3.63) is 76.0 Å². The Morgan fingerprint density at radius 3 is 2.42 bits per heavy atom. The standard InChI is InChI=1S/C19H20BrN3O2S/c1-14-19(22-26(24,25)17-11-9-16(20)10-12-17)18(21-23(14)2)13-8-15-6-4-3-5-7-15/h3-7,9-12H,8,13H2,1-2H3,(H-,22,24,25)/p+1. The summed E-state index contributed by atoms with van der Waals surface area (Å²) in [6.07, 6.45) is 1.50. The lowest BCUT2D eigenvalue weighted by Crippen LogP contribution is -2.21. The predicted molar refractivity (Wildman–Crippen MR) is 109 cm³/mol. The van der Waals surface area contributed by atoms with Crippen molar-refractivity contribution in [2.45, 2.75) is 24.7 Å². The van der Waals surface area contributed by atoms with Gasteiger partial charge in [-0.25, -0.2) is 0 Å². The first-order chi connectivity index (χ1) is 12.4. The lowest BCUT2D eigenvalue weighted by molar-refractivity contribution is 0.502. The average molecular weight is 435 g/mol. The van der Waals surface area contributed by atoms with Crippen LogP contribution >= 0.6 is 15.9 Å². The van der Waals surface area contributed by atoms with Crippen LogP contribution in [-0.4, -0.2) is 14.3 Å². The van der Waals surface area contributed by atoms with Crippen molar-refractivity contribution in [1.82, 2.24) is 9.78 Å². The molecule has 136 valence electrons. The number of aryl methyl sites for hydroxylation is 3. The molecule has 0 saturated heterocycles. The Balaban J connectivity index is 1.85. The summed E-state index contributed by atoms with van der Waals surface area (Å²) in [4.78, 5) is 0.331. The maximum absolute atomic E-state index is 12.8. The van der Waals surface area contributed by atoms with Crippen molar-refractivity contribution in [3.63, 3.8) is 0 Å². The summed E-state index contributed by atoms with van der Waals surface area (Å²) in [5.41, 5.74) is 3.44. The molecule has 2 aromatic carbocycles. The van der Waals surface area contributed by atoms with E-state index in [0.29, 0.717) is 17.0 Å². The number of hydrogen-bond acceptors (Lipinski definition) is 2. The molecule has 1 atom stereocenters. The van der Waals surface area contributed by atoms with Gasteiger partial charge in [0.2, 0.25) is 4.90 Å². The highest BCUT2D eigenvalue weighted by Crippen LogP contribution is 2.27. The van der Waals surface area contributed by atoms with E-state index >= 15 is 0 Å². The number of nitrogens with one attached hydrogen (secondary N) is 1. The number of hydrogen-bond donors (Lipinski definition) is 2. The van der Waals surface area contributed by atoms with Gasteiger partial charge in [0.25, 0.3) is 0 Å². The Morgan fingerprint density at radius 2 is 1.77 bits per heavy atom. The van der Waals surface area contributed by atoms with E-state index < -0.39 is 10.4 Å². The third kappa shape index (κ3) is 4.23. The van der Waals surface area contributed by atoms with Crippen LogP contribution in [0.15, 0.2) is 64.0 Å². The number of halogens is 1. The minimum atomic E-state index is -3.42. The molecule has 0 aliphatic heterocycles. The van der Waals surface area contributed by atoms with Crippen molar-refractivity contribution < 1.29 is 8.76 Å². The quantitative estimate of drug-likeness (QED) is 0.555. The summed E-state index contributed by atoms with van der Waals surface area (Å²) in [5.74, 6) is 0. The zero-order chi connectivity index (χ0) is 18.7. The maximum atomic E-state index is 12.8. The lowest BCUT2D eigenvalue weighted by Gasteiger charge is -2.08. The van der Waals surface area contributed by atoms with E-state index in [2.05, 4.69) is 37.9 Å². The van der Waals surface area contributed by atoms with Gasteiger partial charge in [-0.1, -0.05) is 46.3 Å². The second kappa shape index (κ2) is 7.73. The molecule has 0 bridgehead atoms. The third-order valence-electron chi connectivity index (χ3n) is 4.27. The van der Waals surface area contributed by atoms with E-state index in [1.165, 1.54) is 5.56 Å². The molecular weight excluding hydrogens is 414 g/mol. The van der Waals surface area contributed by atoms with Gasteiger partial charge in [0.15, 0.2) is 0 Å². The van der Waals surface area contributed by atoms with Crippen molar-refractivity contribution >= 4 is 32.0 Å². The van der Waals surface area contributed by atoms with Gasteiger partial charge < -0.3 is 0 Å². The molecule has 0 aliphatic carbocycles. The largest absolute Gasteiger partial charge is 0.346 e. The fourth-order valence-corrected chi connectivity index (χ4v) is 4.14. The summed E-state index contributed by atoms with van der Waals surface area (Å²) >= 11 is 3.34. The van der Waals surface area contributed by atoms with E-state index in [9.17, 15) is 8.76 Å². The molecule has 0 aliphatic rings. The van der Waals surface area contributed by atoms with Crippen LogP contribution in [0.3, 0.4) is 0 Å². The van der Waals surface area contributed by atoms with E-state index in [1.54, 1.807) is 28.9 Å². The van der Waals surface area contributed by atoms with Gasteiger partial charge in [-0.15, -0.1) is 0 Å². The molecule has 0 radical (unpaired) electrons. The molecule has 1 aromatic heterocycles. The number of rotatable bonds is 6. The molecule has 0 fully saturated rings. The van der Waals surface area contributed by atoms with Crippen LogP contribution in [-0.2, 0) is 34.5 Å². The molecule has 0 saturated carbocycles. The second-order valence-corrected chi connectivity index (χ2v) is 8.74. The minimum absolute atomic E-state index is 0.331. The maximum Gasteiger partial charge on any atom is 0.346 e. The summed E-state index contributed by atoms with van der Waals surface area (Å²) in [7, 11) is -1.58. The molecular formula is C19H21BrN3O2S+. The Morgan fingerprint density at radius 1 is 1.12 bits per heavy atom. The molecule has 3 aromatic rings. The summed E-state index contributed by atoms with van der Waals surface area (Å²) < 4.78 is 28.8. The van der Waals surface area contributed by atoms with Crippen LogP contribution in [0.2, 0.25) is 0 Å². The van der Waals surface area contributed by atoms with Gasteiger partial charge in [-0.05, 0) is 53.8 Å². The first-order valence-corrected chi connectivity index (χ1v) is 10.5. The van der Waals surface area contributed by atoms with Crippen LogP contribution in [0.25, 0.3) is 0 Å². The van der Waals surface area contributed by atoms with Crippen LogP contribution < -0.4 is 4.72 Å². The predicted octanol–water partition coefficient (Wildman–Crippen LogP) is 4.63. The molecule has 7 heteroatoms. The van der Waals surface area contributed by atoms with Gasteiger partial charge in [0, 0.05) is 11.5 Å². The highest BCUT2D eigenvalue weighted by atomic mass is 79.9.